The van der Waals surface area contributed by atoms with Gasteiger partial charge in [-0.15, -0.1) is 0 Å². The van der Waals surface area contributed by atoms with Crippen LogP contribution in [0.25, 0.3) is 0 Å². The van der Waals surface area contributed by atoms with Crippen LogP contribution in [-0.2, 0) is 90.7 Å². The van der Waals surface area contributed by atoms with Crippen LogP contribution >= 0.6 is 0 Å². The number of rotatable bonds is 44. The van der Waals surface area contributed by atoms with Gasteiger partial charge in [0.2, 0.25) is 0 Å². The predicted octanol–water partition coefficient (Wildman–Crippen LogP) is 11.3. The Morgan fingerprint density at radius 1 is 0.163 bits per heavy atom. The second kappa shape index (κ2) is 51.7. The molecule has 0 amide bonds. The summed E-state index contributed by atoms with van der Waals surface area (Å²) in [6.45, 7) is -2.16. The Balaban J connectivity index is 0.000000249. The molecule has 8 N–H and O–H groups in total. The summed E-state index contributed by atoms with van der Waals surface area (Å²) < 4.78 is 153. The number of hydrogen-bond donors (Lipinski definition) is 8. The molecule has 0 saturated carbocycles. The molecule has 24 heteroatoms. The Morgan fingerprint density at radius 2 is 0.250 bits per heavy atom. The Kier molecular flexibility index (Phi) is 43.3. The van der Waals surface area contributed by atoms with Crippen molar-refractivity contribution in [1.82, 2.24) is 0 Å². The van der Waals surface area contributed by atoms with Gasteiger partial charge < -0.3 is 78.7 Å². The van der Waals surface area contributed by atoms with Crippen molar-refractivity contribution in [3.05, 3.63) is 287 Å². The molecule has 16 atom stereocenters. The summed E-state index contributed by atoms with van der Waals surface area (Å²) in [5.41, 5.74) is 6.83. The largest absolute Gasteiger partial charge is 0.387 e. The molecule has 16 nitrogen and oxygen atoms in total. The van der Waals surface area contributed by atoms with E-state index in [-0.39, 0.29) is 52.9 Å². The lowest BCUT2D eigenvalue weighted by atomic mass is 10.1. The molecule has 0 radical (unpaired) electrons. The molecule has 104 heavy (non-hydrogen) atoms. The van der Waals surface area contributed by atoms with Gasteiger partial charge in [0.15, 0.2) is 49.4 Å². The third-order valence-corrected chi connectivity index (χ3v) is 15.5. The Bertz CT molecular complexity index is 2670. The van der Waals surface area contributed by atoms with Crippen LogP contribution in [0.15, 0.2) is 243 Å². The molecule has 568 valence electrons. The van der Waals surface area contributed by atoms with E-state index in [1.165, 1.54) is 0 Å². The smallest absolute Gasteiger partial charge is 0.152 e. The van der Waals surface area contributed by atoms with E-state index in [9.17, 15) is 76.0 Å². The molecule has 0 spiro atoms. The van der Waals surface area contributed by atoms with Crippen LogP contribution in [0, 0.1) is 0 Å². The van der Waals surface area contributed by atoms with Gasteiger partial charge in [0.25, 0.3) is 0 Å². The first kappa shape index (κ1) is 87.2. The highest BCUT2D eigenvalue weighted by Crippen LogP contribution is 2.19. The molecule has 0 unspecified atom stereocenters. The van der Waals surface area contributed by atoms with Crippen molar-refractivity contribution >= 4 is 0 Å². The SMILES string of the molecule is O[C@@H]([C@H](O)[C@H](F)COCc1ccccc1)[C@H](F)COCc1ccccc1.O[C@@H]([C@H](O)[C@H](F)COCc1ccccc1)[C@H](F)COCc1ccccc1.O[C@@H]([C@H](O)[C@H](F)COCc1ccccc1)[C@H](F)COCc1ccccc1.O[C@@H]([C@H](O)[C@H](F)COCc1ccccc1)[C@H](F)COCc1ccccc1. The first-order valence-electron chi connectivity index (χ1n) is 33.8. The van der Waals surface area contributed by atoms with E-state index in [4.69, 9.17) is 37.9 Å². The zero-order valence-electron chi connectivity index (χ0n) is 57.5. The summed E-state index contributed by atoms with van der Waals surface area (Å²) in [4.78, 5) is 0. The number of hydrogen-bond acceptors (Lipinski definition) is 16. The van der Waals surface area contributed by atoms with E-state index < -0.39 is 151 Å². The number of aliphatic hydroxyl groups is 8. The second-order valence-electron chi connectivity index (χ2n) is 24.1. The maximum atomic E-state index is 14.0. The van der Waals surface area contributed by atoms with Gasteiger partial charge in [-0.05, 0) is 44.5 Å². The molecule has 0 bridgehead atoms. The zero-order valence-corrected chi connectivity index (χ0v) is 57.5. The molecule has 0 aliphatic rings. The molecule has 0 aliphatic carbocycles. The predicted molar refractivity (Wildman–Crippen MR) is 376 cm³/mol. The molecule has 0 heterocycles. The highest BCUT2D eigenvalue weighted by molar-refractivity contribution is 5.19. The molecule has 8 aromatic carbocycles. The molecule has 8 rings (SSSR count). The van der Waals surface area contributed by atoms with Crippen molar-refractivity contribution in [2.45, 2.75) is 151 Å². The third kappa shape index (κ3) is 35.6. The fourth-order valence-corrected chi connectivity index (χ4v) is 9.41. The summed E-state index contributed by atoms with van der Waals surface area (Å²) in [6, 6.07) is 73.1. The van der Waals surface area contributed by atoms with Gasteiger partial charge in [-0.3, -0.25) is 0 Å². The highest BCUT2D eigenvalue weighted by atomic mass is 19.2. The van der Waals surface area contributed by atoms with Gasteiger partial charge in [-0.25, -0.2) is 35.1 Å². The maximum Gasteiger partial charge on any atom is 0.152 e. The minimum absolute atomic E-state index is 0.170. The Labute approximate surface area is 602 Å². The van der Waals surface area contributed by atoms with Crippen molar-refractivity contribution in [3.8, 4) is 0 Å². The van der Waals surface area contributed by atoms with Gasteiger partial charge in [0, 0.05) is 0 Å². The summed E-state index contributed by atoms with van der Waals surface area (Å²) in [5.74, 6) is 0. The van der Waals surface area contributed by atoms with Crippen molar-refractivity contribution < 1.29 is 114 Å². The number of ether oxygens (including phenoxy) is 8. The standard InChI is InChI=1S/4C20H24F2O4/c4*21-17(13-25-11-15-7-3-1-4-8-15)19(23)20(24)18(22)14-26-12-16-9-5-2-6-10-16/h4*1-10,17-20,23-24H,11-14H2/t4*17-,18-,19-,20-/m1111/s1. The summed E-state index contributed by atoms with van der Waals surface area (Å²) in [6.07, 6.45) is -30.3. The van der Waals surface area contributed by atoms with Gasteiger partial charge >= 0.3 is 0 Å². The normalized spacial score (nSPS) is 16.0. The number of benzene rings is 8. The lowest BCUT2D eigenvalue weighted by molar-refractivity contribution is -0.0983. The Hall–Kier alpha value is -7.44. The molecular formula is C80H96F8O16. The van der Waals surface area contributed by atoms with Crippen LogP contribution in [0.5, 0.6) is 0 Å². The van der Waals surface area contributed by atoms with Gasteiger partial charge in [-0.1, -0.05) is 243 Å². The summed E-state index contributed by atoms with van der Waals surface area (Å²) >= 11 is 0. The molecule has 8 aromatic rings. The lowest BCUT2D eigenvalue weighted by Crippen LogP contribution is -2.44. The quantitative estimate of drug-likeness (QED) is 0.0166. The molecule has 0 fully saturated rings. The maximum absolute atomic E-state index is 14.0. The molecule has 0 saturated heterocycles. The van der Waals surface area contributed by atoms with Crippen LogP contribution in [0.1, 0.15) is 44.5 Å². The van der Waals surface area contributed by atoms with E-state index in [2.05, 4.69) is 0 Å². The van der Waals surface area contributed by atoms with Crippen molar-refractivity contribution in [2.75, 3.05) is 52.9 Å². The Morgan fingerprint density at radius 3 is 0.337 bits per heavy atom. The van der Waals surface area contributed by atoms with E-state index in [0.29, 0.717) is 0 Å². The average molecular weight is 1470 g/mol. The van der Waals surface area contributed by atoms with Crippen LogP contribution in [0.2, 0.25) is 0 Å². The van der Waals surface area contributed by atoms with Crippen LogP contribution in [-0.4, -0.2) is 192 Å². The zero-order chi connectivity index (χ0) is 75.1. The fraction of sp³-hybridized carbons (Fsp3) is 0.400. The third-order valence-electron chi connectivity index (χ3n) is 15.5. The first-order chi connectivity index (χ1) is 50.3. The monoisotopic (exact) mass is 1460 g/mol. The van der Waals surface area contributed by atoms with E-state index >= 15 is 0 Å². The highest BCUT2D eigenvalue weighted by Gasteiger charge is 2.36. The van der Waals surface area contributed by atoms with E-state index in [1.54, 1.807) is 0 Å². The minimum Gasteiger partial charge on any atom is -0.387 e. The van der Waals surface area contributed by atoms with Crippen molar-refractivity contribution in [1.29, 1.82) is 0 Å². The number of alkyl halides is 8. The van der Waals surface area contributed by atoms with E-state index in [1.807, 2.05) is 243 Å². The van der Waals surface area contributed by atoms with Crippen molar-refractivity contribution in [3.63, 3.8) is 0 Å². The van der Waals surface area contributed by atoms with Crippen LogP contribution in [0.4, 0.5) is 35.1 Å². The van der Waals surface area contributed by atoms with Gasteiger partial charge in [0.05, 0.1) is 106 Å². The number of aliphatic hydroxyl groups excluding tert-OH is 8. The van der Waals surface area contributed by atoms with Gasteiger partial charge in [0.1, 0.15) is 48.8 Å². The fourth-order valence-electron chi connectivity index (χ4n) is 9.41. The first-order valence-corrected chi connectivity index (χ1v) is 33.8. The summed E-state index contributed by atoms with van der Waals surface area (Å²) in [7, 11) is 0. The minimum atomic E-state index is -1.90. The van der Waals surface area contributed by atoms with Gasteiger partial charge in [-0.2, -0.15) is 0 Å². The van der Waals surface area contributed by atoms with Crippen molar-refractivity contribution in [2.24, 2.45) is 0 Å². The topological polar surface area (TPSA) is 236 Å². The molecule has 0 aromatic heterocycles. The lowest BCUT2D eigenvalue weighted by Gasteiger charge is -2.24. The molecular weight excluding hydrogens is 1370 g/mol. The van der Waals surface area contributed by atoms with E-state index in [0.717, 1.165) is 44.5 Å². The average Bonchev–Trinajstić information content (AvgIpc) is 0.910. The number of halogens is 8. The van der Waals surface area contributed by atoms with Crippen LogP contribution in [0.3, 0.4) is 0 Å². The van der Waals surface area contributed by atoms with Crippen LogP contribution < -0.4 is 0 Å². The second-order valence-corrected chi connectivity index (χ2v) is 24.1. The molecule has 0 aliphatic heterocycles. The summed E-state index contributed by atoms with van der Waals surface area (Å²) in [5, 5.41) is 78.2.